The van der Waals surface area contributed by atoms with Crippen molar-refractivity contribution in [3.05, 3.63) is 77.7 Å². The number of thiazole rings is 1. The largest absolute Gasteiger partial charge is 0.318 e. The van der Waals surface area contributed by atoms with E-state index >= 15 is 0 Å². The lowest BCUT2D eigenvalue weighted by Gasteiger charge is -2.09. The highest BCUT2D eigenvalue weighted by Gasteiger charge is 2.15. The van der Waals surface area contributed by atoms with Crippen LogP contribution in [0.2, 0.25) is 0 Å². The maximum absolute atomic E-state index is 4.82. The van der Waals surface area contributed by atoms with Gasteiger partial charge in [0.1, 0.15) is 5.01 Å². The number of aryl methyl sites for hydroxylation is 1. The molecule has 0 bridgehead atoms. The van der Waals surface area contributed by atoms with Gasteiger partial charge in [-0.2, -0.15) is 0 Å². The average Bonchev–Trinajstić information content (AvgIpc) is 3.21. The summed E-state index contributed by atoms with van der Waals surface area (Å²) < 4.78 is 2.28. The lowest BCUT2D eigenvalue weighted by atomic mass is 10.2. The van der Waals surface area contributed by atoms with E-state index in [4.69, 9.17) is 4.98 Å². The first kappa shape index (κ1) is 14.8. The zero-order valence-corrected chi connectivity index (χ0v) is 14.4. The van der Waals surface area contributed by atoms with Gasteiger partial charge in [-0.05, 0) is 44.2 Å². The standard InChI is InChI=1S/C20H17N3S/c1-14-11-18(15(2)23(14)17-8-4-3-5-9-17)19-13-24-20(22-19)16-7-6-10-21-12-16/h3-13H,1-2H3. The predicted octanol–water partition coefficient (Wildman–Crippen LogP) is 5.28. The molecular weight excluding hydrogens is 314 g/mol. The fourth-order valence-electron chi connectivity index (χ4n) is 3.02. The predicted molar refractivity (Wildman–Crippen MR) is 99.6 cm³/mol. The fourth-order valence-corrected chi connectivity index (χ4v) is 3.83. The first-order chi connectivity index (χ1) is 11.7. The molecule has 3 aromatic heterocycles. The lowest BCUT2D eigenvalue weighted by molar-refractivity contribution is 0.966. The number of rotatable bonds is 3. The lowest BCUT2D eigenvalue weighted by Crippen LogP contribution is -1.98. The molecule has 4 rings (SSSR count). The Morgan fingerprint density at radius 2 is 1.83 bits per heavy atom. The minimum absolute atomic E-state index is 1.00. The van der Waals surface area contributed by atoms with Crippen molar-refractivity contribution in [2.24, 2.45) is 0 Å². The van der Waals surface area contributed by atoms with Crippen LogP contribution in [0.1, 0.15) is 11.4 Å². The quantitative estimate of drug-likeness (QED) is 0.511. The number of nitrogens with zero attached hydrogens (tertiary/aromatic N) is 3. The van der Waals surface area contributed by atoms with Gasteiger partial charge >= 0.3 is 0 Å². The maximum atomic E-state index is 4.82. The first-order valence-electron chi connectivity index (χ1n) is 7.84. The highest BCUT2D eigenvalue weighted by Crippen LogP contribution is 2.33. The van der Waals surface area contributed by atoms with Crippen LogP contribution in [-0.4, -0.2) is 14.5 Å². The summed E-state index contributed by atoms with van der Waals surface area (Å²) in [5, 5.41) is 3.13. The molecule has 0 amide bonds. The second-order valence-corrected chi connectivity index (χ2v) is 6.59. The molecule has 1 aromatic carbocycles. The van der Waals surface area contributed by atoms with Crippen molar-refractivity contribution in [2.75, 3.05) is 0 Å². The van der Waals surface area contributed by atoms with E-state index in [1.807, 2.05) is 24.4 Å². The van der Waals surface area contributed by atoms with Crippen LogP contribution in [0.25, 0.3) is 27.5 Å². The van der Waals surface area contributed by atoms with Crippen LogP contribution in [0.5, 0.6) is 0 Å². The van der Waals surface area contributed by atoms with Gasteiger partial charge in [-0.3, -0.25) is 4.98 Å². The molecule has 0 radical (unpaired) electrons. The average molecular weight is 331 g/mol. The number of aromatic nitrogens is 3. The molecule has 0 aliphatic heterocycles. The Hall–Kier alpha value is -2.72. The highest BCUT2D eigenvalue weighted by molar-refractivity contribution is 7.13. The molecule has 3 heterocycles. The van der Waals surface area contributed by atoms with Gasteiger partial charge in [0.2, 0.25) is 0 Å². The van der Waals surface area contributed by atoms with E-state index in [0.717, 1.165) is 16.3 Å². The van der Waals surface area contributed by atoms with Crippen molar-refractivity contribution >= 4 is 11.3 Å². The van der Waals surface area contributed by atoms with Crippen LogP contribution < -0.4 is 0 Å². The Balaban J connectivity index is 1.78. The summed E-state index contributed by atoms with van der Waals surface area (Å²) in [6.45, 7) is 4.29. The molecule has 0 saturated heterocycles. The fraction of sp³-hybridized carbons (Fsp3) is 0.100. The van der Waals surface area contributed by atoms with Gasteiger partial charge in [0, 0.05) is 46.0 Å². The first-order valence-corrected chi connectivity index (χ1v) is 8.72. The van der Waals surface area contributed by atoms with Crippen molar-refractivity contribution in [1.29, 1.82) is 0 Å². The molecule has 0 N–H and O–H groups in total. The Morgan fingerprint density at radius 1 is 1.00 bits per heavy atom. The molecule has 0 spiro atoms. The molecule has 24 heavy (non-hydrogen) atoms. The normalized spacial score (nSPS) is 10.9. The van der Waals surface area contributed by atoms with Gasteiger partial charge in [-0.25, -0.2) is 4.98 Å². The molecule has 0 fully saturated rings. The summed E-state index contributed by atoms with van der Waals surface area (Å²) >= 11 is 1.66. The molecule has 4 aromatic rings. The van der Waals surface area contributed by atoms with E-state index < -0.39 is 0 Å². The third-order valence-corrected chi connectivity index (χ3v) is 5.03. The minimum atomic E-state index is 1.00. The van der Waals surface area contributed by atoms with Crippen molar-refractivity contribution in [3.8, 4) is 27.5 Å². The van der Waals surface area contributed by atoms with E-state index in [9.17, 15) is 0 Å². The Bertz CT molecular complexity index is 969. The summed E-state index contributed by atoms with van der Waals surface area (Å²) in [4.78, 5) is 9.01. The number of hydrogen-bond acceptors (Lipinski definition) is 3. The number of para-hydroxylation sites is 1. The minimum Gasteiger partial charge on any atom is -0.318 e. The molecule has 0 unspecified atom stereocenters. The van der Waals surface area contributed by atoms with E-state index in [2.05, 4.69) is 59.1 Å². The molecular formula is C20H17N3S. The summed E-state index contributed by atoms with van der Waals surface area (Å²) in [6.07, 6.45) is 3.64. The van der Waals surface area contributed by atoms with Gasteiger partial charge < -0.3 is 4.57 Å². The summed E-state index contributed by atoms with van der Waals surface area (Å²) in [7, 11) is 0. The van der Waals surface area contributed by atoms with Crippen LogP contribution in [0.15, 0.2) is 66.3 Å². The molecule has 0 saturated carbocycles. The van der Waals surface area contributed by atoms with Crippen molar-refractivity contribution < 1.29 is 0 Å². The zero-order chi connectivity index (χ0) is 16.5. The van der Waals surface area contributed by atoms with Crippen LogP contribution >= 0.6 is 11.3 Å². The topological polar surface area (TPSA) is 30.7 Å². The second kappa shape index (κ2) is 6.06. The van der Waals surface area contributed by atoms with Crippen molar-refractivity contribution in [3.63, 3.8) is 0 Å². The van der Waals surface area contributed by atoms with Crippen LogP contribution in [0.3, 0.4) is 0 Å². The monoisotopic (exact) mass is 331 g/mol. The van der Waals surface area contributed by atoms with Crippen molar-refractivity contribution in [2.45, 2.75) is 13.8 Å². The molecule has 0 aliphatic rings. The Kier molecular flexibility index (Phi) is 3.75. The van der Waals surface area contributed by atoms with Crippen LogP contribution in [0.4, 0.5) is 0 Å². The third kappa shape index (κ3) is 2.55. The van der Waals surface area contributed by atoms with E-state index in [-0.39, 0.29) is 0 Å². The summed E-state index contributed by atoms with van der Waals surface area (Å²) in [6, 6.07) is 16.6. The maximum Gasteiger partial charge on any atom is 0.125 e. The summed E-state index contributed by atoms with van der Waals surface area (Å²) in [5.41, 5.74) is 6.87. The van der Waals surface area contributed by atoms with Gasteiger partial charge in [0.25, 0.3) is 0 Å². The molecule has 0 aliphatic carbocycles. The van der Waals surface area contributed by atoms with Gasteiger partial charge in [-0.15, -0.1) is 11.3 Å². The number of benzene rings is 1. The smallest absolute Gasteiger partial charge is 0.125 e. The zero-order valence-electron chi connectivity index (χ0n) is 13.6. The van der Waals surface area contributed by atoms with Gasteiger partial charge in [-0.1, -0.05) is 18.2 Å². The summed E-state index contributed by atoms with van der Waals surface area (Å²) in [5.74, 6) is 0. The Labute approximate surface area is 145 Å². The van der Waals surface area contributed by atoms with Gasteiger partial charge in [0.15, 0.2) is 0 Å². The number of pyridine rings is 1. The highest BCUT2D eigenvalue weighted by atomic mass is 32.1. The molecule has 3 nitrogen and oxygen atoms in total. The Morgan fingerprint density at radius 3 is 2.58 bits per heavy atom. The van der Waals surface area contributed by atoms with E-state index in [1.165, 1.54) is 22.6 Å². The third-order valence-electron chi connectivity index (χ3n) is 4.13. The SMILES string of the molecule is Cc1cc(-c2csc(-c3cccnc3)n2)c(C)n1-c1ccccc1. The van der Waals surface area contributed by atoms with Crippen LogP contribution in [-0.2, 0) is 0 Å². The molecule has 4 heteroatoms. The second-order valence-electron chi connectivity index (χ2n) is 5.74. The molecule has 118 valence electrons. The number of hydrogen-bond donors (Lipinski definition) is 0. The van der Waals surface area contributed by atoms with E-state index in [0.29, 0.717) is 0 Å². The van der Waals surface area contributed by atoms with Crippen LogP contribution in [0, 0.1) is 13.8 Å². The van der Waals surface area contributed by atoms with E-state index in [1.54, 1.807) is 17.5 Å². The van der Waals surface area contributed by atoms with Gasteiger partial charge in [0.05, 0.1) is 5.69 Å². The molecule has 0 atom stereocenters. The van der Waals surface area contributed by atoms with Crippen molar-refractivity contribution in [1.82, 2.24) is 14.5 Å².